The minimum absolute atomic E-state index is 0.0645. The summed E-state index contributed by atoms with van der Waals surface area (Å²) in [7, 11) is 0. The fourth-order valence-corrected chi connectivity index (χ4v) is 5.19. The van der Waals surface area contributed by atoms with Crippen LogP contribution >= 0.6 is 11.3 Å². The van der Waals surface area contributed by atoms with E-state index in [2.05, 4.69) is 15.6 Å². The number of aliphatic hydroxyl groups excluding tert-OH is 1. The standard InChI is InChI=1S/C26H36N4O4S/c1-15(31)12-27-23(26(4,5)6)25(34)30-13-20(32)11-21(30)24(33)29-16(2)18-7-9-19(10-8-18)22-17(3)28-14-35-22/h7-10,14,16,20-21,23,27,32H,11-13H2,1-6H3,(H,29,33)/t16-,20+,21-,23+/m0/s1. The maximum Gasteiger partial charge on any atom is 0.243 e. The van der Waals surface area contributed by atoms with E-state index >= 15 is 0 Å². The summed E-state index contributed by atoms with van der Waals surface area (Å²) in [6.45, 7) is 11.2. The molecule has 9 heteroatoms. The van der Waals surface area contributed by atoms with Gasteiger partial charge in [0.15, 0.2) is 0 Å². The van der Waals surface area contributed by atoms with Gasteiger partial charge in [-0.25, -0.2) is 4.98 Å². The van der Waals surface area contributed by atoms with Crippen LogP contribution in [-0.2, 0) is 14.4 Å². The number of amides is 2. The van der Waals surface area contributed by atoms with Crippen molar-refractivity contribution in [2.75, 3.05) is 13.1 Å². The van der Waals surface area contributed by atoms with Crippen molar-refractivity contribution in [3.63, 3.8) is 0 Å². The van der Waals surface area contributed by atoms with Gasteiger partial charge >= 0.3 is 0 Å². The Morgan fingerprint density at radius 1 is 1.23 bits per heavy atom. The summed E-state index contributed by atoms with van der Waals surface area (Å²) >= 11 is 1.59. The minimum Gasteiger partial charge on any atom is -0.391 e. The van der Waals surface area contributed by atoms with Crippen LogP contribution in [0.5, 0.6) is 0 Å². The number of nitrogens with one attached hydrogen (secondary N) is 2. The van der Waals surface area contributed by atoms with Gasteiger partial charge in [0, 0.05) is 13.0 Å². The largest absolute Gasteiger partial charge is 0.391 e. The smallest absolute Gasteiger partial charge is 0.243 e. The van der Waals surface area contributed by atoms with Gasteiger partial charge in [-0.2, -0.15) is 0 Å². The first-order valence-electron chi connectivity index (χ1n) is 11.9. The molecule has 1 saturated heterocycles. The average Bonchev–Trinajstić information content (AvgIpc) is 3.38. The monoisotopic (exact) mass is 500 g/mol. The van der Waals surface area contributed by atoms with Crippen LogP contribution in [-0.4, -0.2) is 63.9 Å². The first-order chi connectivity index (χ1) is 16.4. The molecule has 1 aliphatic rings. The van der Waals surface area contributed by atoms with Crippen LogP contribution in [0.3, 0.4) is 0 Å². The summed E-state index contributed by atoms with van der Waals surface area (Å²) in [6, 6.07) is 6.28. The maximum absolute atomic E-state index is 13.5. The molecule has 8 nitrogen and oxygen atoms in total. The number of hydrogen-bond acceptors (Lipinski definition) is 7. The molecule has 1 aromatic carbocycles. The van der Waals surface area contributed by atoms with E-state index in [1.165, 1.54) is 11.8 Å². The summed E-state index contributed by atoms with van der Waals surface area (Å²) < 4.78 is 0. The summed E-state index contributed by atoms with van der Waals surface area (Å²) in [6.07, 6.45) is -0.599. The van der Waals surface area contributed by atoms with Gasteiger partial charge in [-0.15, -0.1) is 11.3 Å². The molecule has 0 radical (unpaired) electrons. The third kappa shape index (κ3) is 6.54. The van der Waals surface area contributed by atoms with Gasteiger partial charge < -0.3 is 15.3 Å². The van der Waals surface area contributed by atoms with E-state index < -0.39 is 23.6 Å². The van der Waals surface area contributed by atoms with Crippen LogP contribution in [0.2, 0.25) is 0 Å². The van der Waals surface area contributed by atoms with Crippen molar-refractivity contribution in [1.29, 1.82) is 0 Å². The van der Waals surface area contributed by atoms with Crippen molar-refractivity contribution in [3.05, 3.63) is 41.0 Å². The van der Waals surface area contributed by atoms with Gasteiger partial charge in [0.1, 0.15) is 11.8 Å². The van der Waals surface area contributed by atoms with Gasteiger partial charge in [-0.05, 0) is 37.3 Å². The number of Topliss-reactive ketones (excluding diaryl/α,β-unsaturated/α-hetero) is 1. The number of aryl methyl sites for hydroxylation is 1. The van der Waals surface area contributed by atoms with E-state index in [0.29, 0.717) is 0 Å². The highest BCUT2D eigenvalue weighted by atomic mass is 32.1. The molecular weight excluding hydrogens is 464 g/mol. The maximum atomic E-state index is 13.5. The number of aromatic nitrogens is 1. The van der Waals surface area contributed by atoms with Crippen LogP contribution < -0.4 is 10.6 Å². The second kappa shape index (κ2) is 11.0. The van der Waals surface area contributed by atoms with E-state index in [-0.39, 0.29) is 43.1 Å². The Morgan fingerprint density at radius 2 is 1.89 bits per heavy atom. The number of carbonyl (C=O) groups excluding carboxylic acids is 3. The Balaban J connectivity index is 1.71. The number of carbonyl (C=O) groups is 3. The van der Waals surface area contributed by atoms with Gasteiger partial charge in [0.2, 0.25) is 11.8 Å². The van der Waals surface area contributed by atoms with E-state index in [9.17, 15) is 19.5 Å². The van der Waals surface area contributed by atoms with Crippen LogP contribution in [0.25, 0.3) is 10.4 Å². The first-order valence-corrected chi connectivity index (χ1v) is 12.8. The average molecular weight is 501 g/mol. The number of hydrogen-bond donors (Lipinski definition) is 3. The number of nitrogens with zero attached hydrogens (tertiary/aromatic N) is 2. The van der Waals surface area contributed by atoms with Gasteiger partial charge in [-0.3, -0.25) is 19.7 Å². The van der Waals surface area contributed by atoms with Gasteiger partial charge in [-0.1, -0.05) is 45.0 Å². The summed E-state index contributed by atoms with van der Waals surface area (Å²) in [4.78, 5) is 45.1. The minimum atomic E-state index is -0.777. The molecule has 4 atom stereocenters. The number of likely N-dealkylation sites (tertiary alicyclic amines) is 1. The SMILES string of the molecule is CC(=O)CN[C@H](C(=O)N1C[C@H](O)C[C@H]1C(=O)N[C@@H](C)c1ccc(-c2scnc2C)cc1)C(C)(C)C. The number of benzene rings is 1. The lowest BCUT2D eigenvalue weighted by Crippen LogP contribution is -2.57. The highest BCUT2D eigenvalue weighted by Crippen LogP contribution is 2.29. The molecule has 0 unspecified atom stereocenters. The zero-order chi connectivity index (χ0) is 25.9. The molecule has 2 aromatic rings. The normalized spacial score (nSPS) is 19.9. The second-order valence-corrected chi connectivity index (χ2v) is 11.3. The topological polar surface area (TPSA) is 112 Å². The van der Waals surface area contributed by atoms with Crippen molar-refractivity contribution in [1.82, 2.24) is 20.5 Å². The molecule has 2 amide bonds. The molecule has 1 aromatic heterocycles. The first kappa shape index (κ1) is 27.0. The zero-order valence-electron chi connectivity index (χ0n) is 21.3. The van der Waals surface area contributed by atoms with Crippen LogP contribution in [0.4, 0.5) is 0 Å². The molecule has 1 aliphatic heterocycles. The fourth-order valence-electron chi connectivity index (χ4n) is 4.38. The van der Waals surface area contributed by atoms with Crippen molar-refractivity contribution in [2.45, 2.75) is 72.2 Å². The summed E-state index contributed by atoms with van der Waals surface area (Å²) in [5, 5.41) is 16.4. The lowest BCUT2D eigenvalue weighted by Gasteiger charge is -2.35. The van der Waals surface area contributed by atoms with Crippen molar-refractivity contribution in [3.8, 4) is 10.4 Å². The summed E-state index contributed by atoms with van der Waals surface area (Å²) in [5.74, 6) is -0.662. The Morgan fingerprint density at radius 3 is 2.43 bits per heavy atom. The molecule has 1 fully saturated rings. The molecule has 3 rings (SSSR count). The quantitative estimate of drug-likeness (QED) is 0.514. The molecule has 0 aliphatic carbocycles. The molecule has 0 saturated carbocycles. The Kier molecular flexibility index (Phi) is 8.46. The van der Waals surface area contributed by atoms with Crippen molar-refractivity contribution in [2.24, 2.45) is 5.41 Å². The Hall–Kier alpha value is -2.62. The highest BCUT2D eigenvalue weighted by Gasteiger charge is 2.44. The molecule has 35 heavy (non-hydrogen) atoms. The number of β-amino-alcohol motifs (C(OH)–C–C–N with tert-alkyl or cyclic N) is 1. The van der Waals surface area contributed by atoms with E-state index in [0.717, 1.165) is 21.7 Å². The third-order valence-corrected chi connectivity index (χ3v) is 7.29. The third-order valence-electron chi connectivity index (χ3n) is 6.31. The number of rotatable bonds is 8. The van der Waals surface area contributed by atoms with E-state index in [4.69, 9.17) is 0 Å². The number of thiazole rings is 1. The van der Waals surface area contributed by atoms with E-state index in [1.807, 2.05) is 64.4 Å². The van der Waals surface area contributed by atoms with Crippen molar-refractivity contribution >= 4 is 28.9 Å². The molecule has 190 valence electrons. The lowest BCUT2D eigenvalue weighted by atomic mass is 9.85. The van der Waals surface area contributed by atoms with Crippen LogP contribution in [0, 0.1) is 12.3 Å². The Bertz CT molecular complexity index is 1060. The number of ketones is 1. The van der Waals surface area contributed by atoms with Gasteiger partial charge in [0.05, 0.1) is 40.8 Å². The van der Waals surface area contributed by atoms with Crippen LogP contribution in [0.1, 0.15) is 58.3 Å². The van der Waals surface area contributed by atoms with E-state index in [1.54, 1.807) is 11.3 Å². The molecule has 2 heterocycles. The van der Waals surface area contributed by atoms with Crippen molar-refractivity contribution < 1.29 is 19.5 Å². The predicted molar refractivity (Wildman–Crippen MR) is 137 cm³/mol. The van der Waals surface area contributed by atoms with Crippen LogP contribution in [0.15, 0.2) is 29.8 Å². The fraction of sp³-hybridized carbons (Fsp3) is 0.538. The molecule has 0 bridgehead atoms. The second-order valence-electron chi connectivity index (χ2n) is 10.4. The Labute approximate surface area is 211 Å². The molecule has 0 spiro atoms. The summed E-state index contributed by atoms with van der Waals surface area (Å²) in [5.41, 5.74) is 4.35. The lowest BCUT2D eigenvalue weighted by molar-refractivity contribution is -0.142. The van der Waals surface area contributed by atoms with Gasteiger partial charge in [0.25, 0.3) is 0 Å². The highest BCUT2D eigenvalue weighted by molar-refractivity contribution is 7.13. The number of aliphatic hydroxyl groups is 1. The predicted octanol–water partition coefficient (Wildman–Crippen LogP) is 2.85. The molecule has 3 N–H and O–H groups in total. The molecular formula is C26H36N4O4S. The zero-order valence-corrected chi connectivity index (χ0v) is 22.1.